The van der Waals surface area contributed by atoms with Crippen molar-refractivity contribution in [2.24, 2.45) is 0 Å². The Bertz CT molecular complexity index is 608. The van der Waals surface area contributed by atoms with Crippen molar-refractivity contribution in [3.8, 4) is 5.75 Å². The van der Waals surface area contributed by atoms with Crippen molar-refractivity contribution < 1.29 is 27.2 Å². The molecular formula is C14H18O6S. The van der Waals surface area contributed by atoms with Gasteiger partial charge in [-0.15, -0.1) is 0 Å². The van der Waals surface area contributed by atoms with Gasteiger partial charge in [-0.3, -0.25) is 4.55 Å². The average molecular weight is 314 g/mol. The molecule has 0 aromatic heterocycles. The monoisotopic (exact) mass is 314 g/mol. The molecule has 1 aliphatic carbocycles. The highest BCUT2D eigenvalue weighted by atomic mass is 32.2. The van der Waals surface area contributed by atoms with Crippen LogP contribution in [-0.2, 0) is 32.4 Å². The van der Waals surface area contributed by atoms with Crippen molar-refractivity contribution in [3.05, 3.63) is 29.3 Å². The summed E-state index contributed by atoms with van der Waals surface area (Å²) in [7, 11) is -3.96. The predicted octanol–water partition coefficient (Wildman–Crippen LogP) is 0.836. The Kier molecular flexibility index (Phi) is 4.17. The van der Waals surface area contributed by atoms with E-state index in [0.29, 0.717) is 6.61 Å². The summed E-state index contributed by atoms with van der Waals surface area (Å²) in [6.45, 7) is 1.36. The van der Waals surface area contributed by atoms with Crippen LogP contribution in [0, 0.1) is 0 Å². The van der Waals surface area contributed by atoms with Crippen LogP contribution in [0.4, 0.5) is 0 Å². The first-order valence-corrected chi connectivity index (χ1v) is 8.53. The zero-order chi connectivity index (χ0) is 14.9. The van der Waals surface area contributed by atoms with Gasteiger partial charge in [-0.05, 0) is 36.1 Å². The molecule has 21 heavy (non-hydrogen) atoms. The summed E-state index contributed by atoms with van der Waals surface area (Å²) in [6.07, 6.45) is 1.68. The molecule has 1 saturated heterocycles. The minimum Gasteiger partial charge on any atom is -0.491 e. The number of rotatable bonds is 7. The zero-order valence-corrected chi connectivity index (χ0v) is 12.3. The van der Waals surface area contributed by atoms with Crippen LogP contribution in [0.5, 0.6) is 5.75 Å². The normalized spacial score (nSPS) is 23.9. The fourth-order valence-corrected chi connectivity index (χ4v) is 2.74. The quantitative estimate of drug-likeness (QED) is 0.593. The Morgan fingerprint density at radius 2 is 2.05 bits per heavy atom. The third kappa shape index (κ3) is 4.41. The fraction of sp³-hybridized carbons (Fsp3) is 0.571. The molecule has 6 nitrogen and oxygen atoms in total. The van der Waals surface area contributed by atoms with Gasteiger partial charge in [-0.2, -0.15) is 8.42 Å². The molecule has 0 bridgehead atoms. The molecule has 0 amide bonds. The third-order valence-electron chi connectivity index (χ3n) is 3.61. The summed E-state index contributed by atoms with van der Waals surface area (Å²) in [5.41, 5.74) is 2.36. The lowest BCUT2D eigenvalue weighted by atomic mass is 10.1. The molecule has 2 atom stereocenters. The van der Waals surface area contributed by atoms with E-state index in [-0.39, 0.29) is 24.6 Å². The summed E-state index contributed by atoms with van der Waals surface area (Å²) in [5, 5.41) is 0. The highest BCUT2D eigenvalue weighted by Gasteiger charge is 2.25. The van der Waals surface area contributed by atoms with Crippen LogP contribution in [0.25, 0.3) is 0 Å². The molecule has 1 aromatic carbocycles. The fourth-order valence-electron chi connectivity index (χ4n) is 2.44. The van der Waals surface area contributed by atoms with E-state index in [1.165, 1.54) is 11.1 Å². The number of benzene rings is 1. The molecule has 1 fully saturated rings. The maximum atomic E-state index is 10.6. The summed E-state index contributed by atoms with van der Waals surface area (Å²) in [4.78, 5) is 0. The lowest BCUT2D eigenvalue weighted by Gasteiger charge is -2.09. The first-order valence-electron chi connectivity index (χ1n) is 6.92. The van der Waals surface area contributed by atoms with Crippen molar-refractivity contribution in [2.75, 3.05) is 25.6 Å². The molecule has 116 valence electrons. The van der Waals surface area contributed by atoms with Gasteiger partial charge < -0.3 is 14.2 Å². The zero-order valence-electron chi connectivity index (χ0n) is 11.5. The first kappa shape index (κ1) is 14.8. The van der Waals surface area contributed by atoms with E-state index in [9.17, 15) is 8.42 Å². The maximum Gasteiger partial charge on any atom is 0.267 e. The topological polar surface area (TPSA) is 85.4 Å². The van der Waals surface area contributed by atoms with Gasteiger partial charge in [-0.1, -0.05) is 6.07 Å². The van der Waals surface area contributed by atoms with E-state index in [1.54, 1.807) is 0 Å². The van der Waals surface area contributed by atoms with E-state index >= 15 is 0 Å². The Morgan fingerprint density at radius 1 is 1.29 bits per heavy atom. The van der Waals surface area contributed by atoms with Gasteiger partial charge in [0, 0.05) is 0 Å². The van der Waals surface area contributed by atoms with Gasteiger partial charge in [0.2, 0.25) is 0 Å². The van der Waals surface area contributed by atoms with Crippen LogP contribution in [0.1, 0.15) is 11.1 Å². The highest BCUT2D eigenvalue weighted by molar-refractivity contribution is 7.85. The molecule has 0 radical (unpaired) electrons. The smallest absolute Gasteiger partial charge is 0.267 e. The minimum atomic E-state index is -3.96. The molecule has 1 aliphatic heterocycles. The largest absolute Gasteiger partial charge is 0.491 e. The van der Waals surface area contributed by atoms with Crippen LogP contribution in [0.3, 0.4) is 0 Å². The molecule has 0 saturated carbocycles. The Morgan fingerprint density at radius 3 is 2.76 bits per heavy atom. The standard InChI is InChI=1S/C14H18O6S/c15-21(16,17)4-3-18-13-5-10-1-2-12(6-11(10)7-13)19-8-14-9-20-14/h1-2,6,13-14H,3-5,7-9H2,(H,15,16,17). The van der Waals surface area contributed by atoms with Crippen LogP contribution < -0.4 is 4.74 Å². The number of hydrogen-bond acceptors (Lipinski definition) is 5. The first-order chi connectivity index (χ1) is 9.99. The van der Waals surface area contributed by atoms with Gasteiger partial charge in [0.1, 0.15) is 18.5 Å². The van der Waals surface area contributed by atoms with Gasteiger partial charge in [0.25, 0.3) is 10.1 Å². The average Bonchev–Trinajstić information content (AvgIpc) is 3.14. The van der Waals surface area contributed by atoms with E-state index in [1.807, 2.05) is 18.2 Å². The van der Waals surface area contributed by atoms with Crippen molar-refractivity contribution in [1.82, 2.24) is 0 Å². The second kappa shape index (κ2) is 5.92. The molecule has 7 heteroatoms. The number of fused-ring (bicyclic) bond motifs is 1. The van der Waals surface area contributed by atoms with Gasteiger partial charge in [-0.25, -0.2) is 0 Å². The highest BCUT2D eigenvalue weighted by Crippen LogP contribution is 2.28. The maximum absolute atomic E-state index is 10.6. The number of hydrogen-bond donors (Lipinski definition) is 1. The lowest BCUT2D eigenvalue weighted by molar-refractivity contribution is 0.0715. The second-order valence-corrected chi connectivity index (χ2v) is 6.96. The summed E-state index contributed by atoms with van der Waals surface area (Å²) in [6, 6.07) is 5.95. The van der Waals surface area contributed by atoms with E-state index < -0.39 is 10.1 Å². The van der Waals surface area contributed by atoms with Gasteiger partial charge >= 0.3 is 0 Å². The van der Waals surface area contributed by atoms with E-state index in [4.69, 9.17) is 18.8 Å². The number of epoxide rings is 1. The molecule has 2 unspecified atom stereocenters. The van der Waals surface area contributed by atoms with Crippen molar-refractivity contribution in [2.45, 2.75) is 25.0 Å². The summed E-state index contributed by atoms with van der Waals surface area (Å²) in [5.74, 6) is 0.457. The molecule has 1 heterocycles. The Balaban J connectivity index is 1.51. The number of ether oxygens (including phenoxy) is 3. The summed E-state index contributed by atoms with van der Waals surface area (Å²) >= 11 is 0. The molecule has 2 aliphatic rings. The van der Waals surface area contributed by atoms with Crippen LogP contribution in [0.2, 0.25) is 0 Å². The molecule has 1 aromatic rings. The second-order valence-electron chi connectivity index (χ2n) is 5.38. The van der Waals surface area contributed by atoms with E-state index in [0.717, 1.165) is 25.2 Å². The molecule has 3 rings (SSSR count). The lowest BCUT2D eigenvalue weighted by Crippen LogP contribution is -2.18. The molecule has 1 N–H and O–H groups in total. The van der Waals surface area contributed by atoms with Crippen LogP contribution in [0.15, 0.2) is 18.2 Å². The summed E-state index contributed by atoms with van der Waals surface area (Å²) < 4.78 is 46.2. The van der Waals surface area contributed by atoms with Crippen LogP contribution in [-0.4, -0.2) is 50.8 Å². The van der Waals surface area contributed by atoms with Crippen LogP contribution >= 0.6 is 0 Å². The SMILES string of the molecule is O=S(=O)(O)CCOC1Cc2ccc(OCC3CO3)cc2C1. The molecule has 0 spiro atoms. The Labute approximate surface area is 123 Å². The minimum absolute atomic E-state index is 0.0138. The molecular weight excluding hydrogens is 296 g/mol. The van der Waals surface area contributed by atoms with Crippen molar-refractivity contribution in [1.29, 1.82) is 0 Å². The third-order valence-corrected chi connectivity index (χ3v) is 4.29. The van der Waals surface area contributed by atoms with Crippen molar-refractivity contribution >= 4 is 10.1 Å². The van der Waals surface area contributed by atoms with Gasteiger partial charge in [0.15, 0.2) is 0 Å². The van der Waals surface area contributed by atoms with Crippen molar-refractivity contribution in [3.63, 3.8) is 0 Å². The predicted molar refractivity (Wildman–Crippen MR) is 75.2 cm³/mol. The van der Waals surface area contributed by atoms with E-state index in [2.05, 4.69) is 0 Å². The Hall–Kier alpha value is -1.15. The van der Waals surface area contributed by atoms with Gasteiger partial charge in [0.05, 0.1) is 25.1 Å².